The molecule has 1 fully saturated rings. The van der Waals surface area contributed by atoms with Gasteiger partial charge in [0.05, 0.1) is 22.2 Å². The molecule has 0 unspecified atom stereocenters. The van der Waals surface area contributed by atoms with Gasteiger partial charge in [-0.2, -0.15) is 4.31 Å². The average Bonchev–Trinajstić information content (AvgIpc) is 3.14. The molecule has 1 aliphatic heterocycles. The van der Waals surface area contributed by atoms with Crippen LogP contribution < -0.4 is 5.32 Å². The lowest BCUT2D eigenvalue weighted by molar-refractivity contribution is 0.0950. The van der Waals surface area contributed by atoms with Gasteiger partial charge in [0.1, 0.15) is 5.65 Å². The summed E-state index contributed by atoms with van der Waals surface area (Å²) in [5.41, 5.74) is 1.84. The molecular formula is C21H23ClN4O3S. The number of carbonyl (C=O) groups is 1. The predicted molar refractivity (Wildman–Crippen MR) is 115 cm³/mol. The van der Waals surface area contributed by atoms with Crippen LogP contribution in [0, 0.1) is 5.92 Å². The number of sulfonamides is 1. The van der Waals surface area contributed by atoms with Crippen LogP contribution in [-0.4, -0.2) is 41.1 Å². The maximum Gasteiger partial charge on any atom is 0.251 e. The predicted octanol–water partition coefficient (Wildman–Crippen LogP) is 3.34. The molecule has 3 heterocycles. The van der Waals surface area contributed by atoms with Crippen LogP contribution in [0.3, 0.4) is 0 Å². The maximum atomic E-state index is 12.8. The molecule has 30 heavy (non-hydrogen) atoms. The van der Waals surface area contributed by atoms with E-state index in [1.807, 2.05) is 0 Å². The highest BCUT2D eigenvalue weighted by molar-refractivity contribution is 7.89. The first kappa shape index (κ1) is 20.8. The van der Waals surface area contributed by atoms with E-state index in [-0.39, 0.29) is 17.3 Å². The molecule has 0 spiro atoms. The highest BCUT2D eigenvalue weighted by Crippen LogP contribution is 2.23. The zero-order chi connectivity index (χ0) is 21.3. The lowest BCUT2D eigenvalue weighted by atomic mass is 10.0. The zero-order valence-electron chi connectivity index (χ0n) is 16.6. The first-order valence-corrected chi connectivity index (χ1v) is 11.7. The molecule has 3 aromatic rings. The average molecular weight is 447 g/mol. The van der Waals surface area contributed by atoms with E-state index in [4.69, 9.17) is 11.6 Å². The number of benzene rings is 1. The fourth-order valence-electron chi connectivity index (χ4n) is 3.67. The number of pyridine rings is 1. The normalized spacial score (nSPS) is 17.9. The van der Waals surface area contributed by atoms with Gasteiger partial charge in [-0.3, -0.25) is 4.79 Å². The highest BCUT2D eigenvalue weighted by atomic mass is 35.5. The number of hydrogen-bond donors (Lipinski definition) is 1. The summed E-state index contributed by atoms with van der Waals surface area (Å²) in [6, 6.07) is 9.63. The minimum absolute atomic E-state index is 0.213. The van der Waals surface area contributed by atoms with Crippen molar-refractivity contribution in [1.29, 1.82) is 0 Å². The summed E-state index contributed by atoms with van der Waals surface area (Å²) in [7, 11) is -3.53. The van der Waals surface area contributed by atoms with E-state index in [0.29, 0.717) is 35.3 Å². The molecule has 0 saturated carbocycles. The second-order valence-electron chi connectivity index (χ2n) is 7.66. The first-order valence-electron chi connectivity index (χ1n) is 9.84. The van der Waals surface area contributed by atoms with Gasteiger partial charge in [-0.05, 0) is 55.2 Å². The SMILES string of the molecule is C[C@@H]1CCCN(S(=O)(=O)c2ccc(C(=O)NCc3cn4cc(Cl)ccc4n3)cc2)C1. The molecule has 1 saturated heterocycles. The number of carbonyl (C=O) groups excluding carboxylic acids is 1. The Morgan fingerprint density at radius 2 is 1.97 bits per heavy atom. The summed E-state index contributed by atoms with van der Waals surface area (Å²) in [4.78, 5) is 17.1. The summed E-state index contributed by atoms with van der Waals surface area (Å²) < 4.78 is 29.0. The van der Waals surface area contributed by atoms with Crippen molar-refractivity contribution in [3.63, 3.8) is 0 Å². The quantitative estimate of drug-likeness (QED) is 0.651. The van der Waals surface area contributed by atoms with Crippen LogP contribution in [-0.2, 0) is 16.6 Å². The summed E-state index contributed by atoms with van der Waals surface area (Å²) in [5, 5.41) is 3.41. The van der Waals surface area contributed by atoms with Gasteiger partial charge in [-0.1, -0.05) is 18.5 Å². The van der Waals surface area contributed by atoms with Gasteiger partial charge in [-0.15, -0.1) is 0 Å². The second kappa shape index (κ2) is 8.37. The van der Waals surface area contributed by atoms with Gasteiger partial charge in [0, 0.05) is 31.0 Å². The van der Waals surface area contributed by atoms with Crippen LogP contribution in [0.15, 0.2) is 53.7 Å². The molecule has 0 aliphatic carbocycles. The maximum absolute atomic E-state index is 12.8. The Kier molecular flexibility index (Phi) is 5.81. The van der Waals surface area contributed by atoms with Crippen molar-refractivity contribution >= 4 is 33.2 Å². The van der Waals surface area contributed by atoms with E-state index < -0.39 is 10.0 Å². The summed E-state index contributed by atoms with van der Waals surface area (Å²) >= 11 is 5.97. The van der Waals surface area contributed by atoms with Gasteiger partial charge in [0.2, 0.25) is 10.0 Å². The van der Waals surface area contributed by atoms with E-state index in [9.17, 15) is 13.2 Å². The van der Waals surface area contributed by atoms with Crippen LogP contribution in [0.1, 0.15) is 35.8 Å². The van der Waals surface area contributed by atoms with Crippen LogP contribution in [0.4, 0.5) is 0 Å². The largest absolute Gasteiger partial charge is 0.346 e. The van der Waals surface area contributed by atoms with Crippen LogP contribution in [0.5, 0.6) is 0 Å². The van der Waals surface area contributed by atoms with Gasteiger partial charge >= 0.3 is 0 Å². The molecule has 1 aliphatic rings. The number of amides is 1. The van der Waals surface area contributed by atoms with E-state index in [0.717, 1.165) is 18.5 Å². The molecule has 1 aromatic carbocycles. The van der Waals surface area contributed by atoms with Crippen molar-refractivity contribution in [2.45, 2.75) is 31.2 Å². The first-order chi connectivity index (χ1) is 14.3. The Morgan fingerprint density at radius 3 is 2.70 bits per heavy atom. The lowest BCUT2D eigenvalue weighted by Gasteiger charge is -2.30. The molecule has 9 heteroatoms. The Balaban J connectivity index is 1.42. The van der Waals surface area contributed by atoms with Gasteiger partial charge in [0.25, 0.3) is 5.91 Å². The number of nitrogens with one attached hydrogen (secondary N) is 1. The summed E-state index contributed by atoms with van der Waals surface area (Å²) in [5.74, 6) is 0.0647. The van der Waals surface area contributed by atoms with Crippen LogP contribution in [0.2, 0.25) is 5.02 Å². The highest BCUT2D eigenvalue weighted by Gasteiger charge is 2.28. The minimum atomic E-state index is -3.53. The Hall–Kier alpha value is -2.42. The smallest absolute Gasteiger partial charge is 0.251 e. The Labute approximate surface area is 180 Å². The molecule has 1 amide bonds. The number of nitrogens with zero attached hydrogens (tertiary/aromatic N) is 3. The summed E-state index contributed by atoms with van der Waals surface area (Å²) in [6.07, 6.45) is 5.47. The number of imidazole rings is 1. The van der Waals surface area contributed by atoms with E-state index in [1.165, 1.54) is 16.4 Å². The third-order valence-electron chi connectivity index (χ3n) is 5.27. The number of piperidine rings is 1. The van der Waals surface area contributed by atoms with Gasteiger partial charge < -0.3 is 9.72 Å². The third-order valence-corrected chi connectivity index (χ3v) is 7.37. The minimum Gasteiger partial charge on any atom is -0.346 e. The molecule has 158 valence electrons. The third kappa shape index (κ3) is 4.35. The van der Waals surface area contributed by atoms with Crippen LogP contribution >= 0.6 is 11.6 Å². The molecule has 1 N–H and O–H groups in total. The number of hydrogen-bond acceptors (Lipinski definition) is 4. The number of fused-ring (bicyclic) bond motifs is 1. The fourth-order valence-corrected chi connectivity index (χ4v) is 5.43. The van der Waals surface area contributed by atoms with E-state index in [1.54, 1.807) is 41.1 Å². The number of aromatic nitrogens is 2. The number of rotatable bonds is 5. The van der Waals surface area contributed by atoms with Crippen molar-refractivity contribution in [3.8, 4) is 0 Å². The molecule has 0 bridgehead atoms. The molecule has 7 nitrogen and oxygen atoms in total. The standard InChI is InChI=1S/C21H23ClN4O3S/c1-15-3-2-10-26(12-15)30(28,29)19-7-4-16(5-8-19)21(27)23-11-18-14-25-13-17(22)6-9-20(25)24-18/h4-9,13-15H,2-3,10-12H2,1H3,(H,23,27)/t15-/m1/s1. The van der Waals surface area contributed by atoms with E-state index in [2.05, 4.69) is 17.2 Å². The van der Waals surface area contributed by atoms with Crippen molar-refractivity contribution in [3.05, 3.63) is 65.1 Å². The number of halogens is 1. The van der Waals surface area contributed by atoms with Crippen LogP contribution in [0.25, 0.3) is 5.65 Å². The topological polar surface area (TPSA) is 83.8 Å². The second-order valence-corrected chi connectivity index (χ2v) is 10.0. The molecule has 1 atom stereocenters. The van der Waals surface area contributed by atoms with Crippen molar-refractivity contribution in [2.75, 3.05) is 13.1 Å². The molecular weight excluding hydrogens is 424 g/mol. The Morgan fingerprint density at radius 1 is 1.20 bits per heavy atom. The van der Waals surface area contributed by atoms with Crippen molar-refractivity contribution in [1.82, 2.24) is 19.0 Å². The molecule has 4 rings (SSSR count). The Bertz CT molecular complexity index is 1170. The van der Waals surface area contributed by atoms with Gasteiger partial charge in [0.15, 0.2) is 0 Å². The van der Waals surface area contributed by atoms with Crippen molar-refractivity contribution < 1.29 is 13.2 Å². The molecule has 0 radical (unpaired) electrons. The fraction of sp³-hybridized carbons (Fsp3) is 0.333. The van der Waals surface area contributed by atoms with Gasteiger partial charge in [-0.25, -0.2) is 13.4 Å². The zero-order valence-corrected chi connectivity index (χ0v) is 18.2. The van der Waals surface area contributed by atoms with Crippen molar-refractivity contribution in [2.24, 2.45) is 5.92 Å². The molecule has 2 aromatic heterocycles. The lowest BCUT2D eigenvalue weighted by Crippen LogP contribution is -2.39. The monoisotopic (exact) mass is 446 g/mol. The summed E-state index contributed by atoms with van der Waals surface area (Å²) in [6.45, 7) is 3.39. The van der Waals surface area contributed by atoms with E-state index >= 15 is 0 Å².